The molecule has 12 heteroatoms. The van der Waals surface area contributed by atoms with E-state index in [1.165, 1.54) is 0 Å². The van der Waals surface area contributed by atoms with E-state index in [-0.39, 0.29) is 18.1 Å². The smallest absolute Gasteiger partial charge is 0.389 e. The van der Waals surface area contributed by atoms with Gasteiger partial charge in [0.1, 0.15) is 6.23 Å². The fourth-order valence-corrected chi connectivity index (χ4v) is 4.15. The second kappa shape index (κ2) is 12.0. The number of aliphatic hydroxyl groups is 1. The van der Waals surface area contributed by atoms with Gasteiger partial charge in [-0.3, -0.25) is 4.57 Å². The van der Waals surface area contributed by atoms with Crippen LogP contribution in [0.3, 0.4) is 0 Å². The number of aromatic nitrogens is 4. The van der Waals surface area contributed by atoms with E-state index in [4.69, 9.17) is 9.84 Å². The lowest BCUT2D eigenvalue weighted by Crippen LogP contribution is -2.12. The topological polar surface area (TPSA) is 85.1 Å². The third-order valence-corrected chi connectivity index (χ3v) is 5.93. The van der Waals surface area contributed by atoms with Gasteiger partial charge in [0.2, 0.25) is 0 Å². The lowest BCUT2D eigenvalue weighted by Gasteiger charge is -2.15. The van der Waals surface area contributed by atoms with E-state index in [9.17, 15) is 13.2 Å². The highest BCUT2D eigenvalue weighted by molar-refractivity contribution is 7.99. The number of alkyl halides is 3. The first-order chi connectivity index (χ1) is 14.4. The lowest BCUT2D eigenvalue weighted by atomic mass is 10.2. The van der Waals surface area contributed by atoms with E-state index in [1.807, 2.05) is 10.8 Å². The van der Waals surface area contributed by atoms with Gasteiger partial charge in [0.25, 0.3) is 0 Å². The van der Waals surface area contributed by atoms with Gasteiger partial charge >= 0.3 is 6.18 Å². The molecule has 1 fully saturated rings. The standard InChI is InChI=1S/C17H24F3N5OS2.CH4O/c1-3-11-4-5-12(26-11)25-10-22-13-14(21-7-9-27-2)23-16(24-15(13)25)28-8-6-17(18,19)20;1-2/h10-12H,3-9H2,1-2H3,(H,21,23,24);2H,1H3. The van der Waals surface area contributed by atoms with Crippen molar-refractivity contribution in [1.29, 1.82) is 0 Å². The molecule has 3 rings (SSSR count). The maximum Gasteiger partial charge on any atom is 0.389 e. The fourth-order valence-electron chi connectivity index (χ4n) is 3.02. The second-order valence-electron chi connectivity index (χ2n) is 6.51. The predicted molar refractivity (Wildman–Crippen MR) is 115 cm³/mol. The molecule has 0 amide bonds. The van der Waals surface area contributed by atoms with Crippen LogP contribution in [0.25, 0.3) is 11.2 Å². The first kappa shape index (κ1) is 25.0. The molecule has 2 unspecified atom stereocenters. The summed E-state index contributed by atoms with van der Waals surface area (Å²) < 4.78 is 45.4. The molecular formula is C18H28F3N5O2S2. The third kappa shape index (κ3) is 6.89. The summed E-state index contributed by atoms with van der Waals surface area (Å²) in [4.78, 5) is 13.4. The molecule has 0 saturated carbocycles. The molecule has 1 aliphatic heterocycles. The average Bonchev–Trinajstić information content (AvgIpc) is 3.35. The van der Waals surface area contributed by atoms with Crippen LogP contribution in [-0.2, 0) is 4.74 Å². The molecule has 170 valence electrons. The minimum atomic E-state index is -4.19. The largest absolute Gasteiger partial charge is 0.400 e. The summed E-state index contributed by atoms with van der Waals surface area (Å²) in [6, 6.07) is 0. The van der Waals surface area contributed by atoms with Crippen LogP contribution in [0.1, 0.15) is 38.8 Å². The number of halogens is 3. The Labute approximate surface area is 182 Å². The van der Waals surface area contributed by atoms with Crippen molar-refractivity contribution in [3.8, 4) is 0 Å². The number of hydrogen-bond donors (Lipinski definition) is 2. The van der Waals surface area contributed by atoms with Crippen LogP contribution < -0.4 is 5.32 Å². The summed E-state index contributed by atoms with van der Waals surface area (Å²) >= 11 is 2.70. The number of aliphatic hydroxyl groups excluding tert-OH is 1. The van der Waals surface area contributed by atoms with E-state index in [1.54, 1.807) is 18.1 Å². The minimum Gasteiger partial charge on any atom is -0.400 e. The molecule has 1 saturated heterocycles. The van der Waals surface area contributed by atoms with Crippen LogP contribution in [0.5, 0.6) is 0 Å². The number of imidazole rings is 1. The van der Waals surface area contributed by atoms with Crippen molar-refractivity contribution in [3.05, 3.63) is 6.33 Å². The molecular weight excluding hydrogens is 439 g/mol. The number of anilines is 1. The Hall–Kier alpha value is -1.24. The normalized spacial score (nSPS) is 19.0. The summed E-state index contributed by atoms with van der Waals surface area (Å²) in [7, 11) is 1.00. The van der Waals surface area contributed by atoms with Crippen molar-refractivity contribution in [2.45, 2.75) is 56.3 Å². The van der Waals surface area contributed by atoms with Crippen LogP contribution in [0.15, 0.2) is 11.5 Å². The Balaban J connectivity index is 0.00000155. The van der Waals surface area contributed by atoms with Crippen molar-refractivity contribution < 1.29 is 23.0 Å². The predicted octanol–water partition coefficient (Wildman–Crippen LogP) is 4.34. The highest BCUT2D eigenvalue weighted by Gasteiger charge is 2.29. The van der Waals surface area contributed by atoms with E-state index in [0.717, 1.165) is 43.9 Å². The van der Waals surface area contributed by atoms with Crippen LogP contribution in [0.2, 0.25) is 0 Å². The van der Waals surface area contributed by atoms with Gasteiger partial charge in [0.15, 0.2) is 22.1 Å². The SMILES string of the molecule is CCC1CCC(n2cnc3c(NCCSC)nc(SCCC(F)(F)F)nc32)O1.CO. The number of rotatable bonds is 9. The maximum atomic E-state index is 12.5. The first-order valence-corrected chi connectivity index (χ1v) is 12.1. The maximum absolute atomic E-state index is 12.5. The van der Waals surface area contributed by atoms with Crippen molar-refractivity contribution >= 4 is 40.5 Å². The molecule has 2 N–H and O–H groups in total. The number of hydrogen-bond acceptors (Lipinski definition) is 8. The van der Waals surface area contributed by atoms with Gasteiger partial charge in [-0.15, -0.1) is 0 Å². The summed E-state index contributed by atoms with van der Waals surface area (Å²) in [6.07, 6.45) is 1.46. The molecule has 0 spiro atoms. The molecule has 0 bridgehead atoms. The number of nitrogens with zero attached hydrogens (tertiary/aromatic N) is 4. The highest BCUT2D eigenvalue weighted by Crippen LogP contribution is 2.34. The van der Waals surface area contributed by atoms with Crippen LogP contribution in [0, 0.1) is 0 Å². The van der Waals surface area contributed by atoms with Crippen molar-refractivity contribution in [1.82, 2.24) is 19.5 Å². The van der Waals surface area contributed by atoms with E-state index >= 15 is 0 Å². The Bertz CT molecular complexity index is 791. The first-order valence-electron chi connectivity index (χ1n) is 9.68. The third-order valence-electron chi connectivity index (χ3n) is 4.47. The van der Waals surface area contributed by atoms with Crippen molar-refractivity contribution in [2.24, 2.45) is 0 Å². The van der Waals surface area contributed by atoms with Crippen LogP contribution in [-0.4, -0.2) is 68.3 Å². The van der Waals surface area contributed by atoms with Crippen LogP contribution in [0.4, 0.5) is 19.0 Å². The summed E-state index contributed by atoms with van der Waals surface area (Å²) in [5.74, 6) is 1.31. The fraction of sp³-hybridized carbons (Fsp3) is 0.722. The number of ether oxygens (including phenoxy) is 1. The summed E-state index contributed by atoms with van der Waals surface area (Å²) in [6.45, 7) is 2.77. The molecule has 0 aliphatic carbocycles. The van der Waals surface area contributed by atoms with Gasteiger partial charge < -0.3 is 15.2 Å². The lowest BCUT2D eigenvalue weighted by molar-refractivity contribution is -0.129. The summed E-state index contributed by atoms with van der Waals surface area (Å²) in [5.41, 5.74) is 1.21. The van der Waals surface area contributed by atoms with E-state index < -0.39 is 12.6 Å². The molecule has 3 heterocycles. The molecule has 2 atom stereocenters. The van der Waals surface area contributed by atoms with Crippen LogP contribution >= 0.6 is 23.5 Å². The Morgan fingerprint density at radius 3 is 2.67 bits per heavy atom. The Morgan fingerprint density at radius 1 is 1.27 bits per heavy atom. The zero-order valence-corrected chi connectivity index (χ0v) is 18.9. The van der Waals surface area contributed by atoms with Crippen molar-refractivity contribution in [2.75, 3.05) is 36.7 Å². The molecule has 2 aromatic rings. The van der Waals surface area contributed by atoms with Gasteiger partial charge in [0.05, 0.1) is 18.9 Å². The molecule has 7 nitrogen and oxygen atoms in total. The zero-order chi connectivity index (χ0) is 22.1. The Kier molecular flexibility index (Phi) is 9.98. The monoisotopic (exact) mass is 467 g/mol. The highest BCUT2D eigenvalue weighted by atomic mass is 32.2. The summed E-state index contributed by atoms with van der Waals surface area (Å²) in [5, 5.41) is 10.6. The van der Waals surface area contributed by atoms with Crippen molar-refractivity contribution in [3.63, 3.8) is 0 Å². The van der Waals surface area contributed by atoms with Gasteiger partial charge in [-0.05, 0) is 25.5 Å². The Morgan fingerprint density at radius 2 is 2.03 bits per heavy atom. The molecule has 0 aromatic carbocycles. The minimum absolute atomic E-state index is 0.120. The van der Waals surface area contributed by atoms with E-state index in [2.05, 4.69) is 27.2 Å². The average molecular weight is 468 g/mol. The van der Waals surface area contributed by atoms with Gasteiger partial charge in [-0.1, -0.05) is 18.7 Å². The van der Waals surface area contributed by atoms with E-state index in [0.29, 0.717) is 28.7 Å². The number of nitrogens with one attached hydrogen (secondary N) is 1. The van der Waals surface area contributed by atoms with Gasteiger partial charge in [0, 0.05) is 25.2 Å². The molecule has 1 aliphatic rings. The molecule has 0 radical (unpaired) electrons. The van der Waals surface area contributed by atoms with Gasteiger partial charge in [-0.2, -0.15) is 24.9 Å². The second-order valence-corrected chi connectivity index (χ2v) is 8.56. The zero-order valence-electron chi connectivity index (χ0n) is 17.3. The number of fused-ring (bicyclic) bond motifs is 1. The molecule has 2 aromatic heterocycles. The number of thioether (sulfide) groups is 2. The van der Waals surface area contributed by atoms with Gasteiger partial charge in [-0.25, -0.2) is 15.0 Å². The molecule has 30 heavy (non-hydrogen) atoms. The quantitative estimate of drug-likeness (QED) is 0.320.